The molecule has 2 aromatic rings. The highest BCUT2D eigenvalue weighted by Crippen LogP contribution is 2.21. The monoisotopic (exact) mass is 341 g/mol. The van der Waals surface area contributed by atoms with Crippen LogP contribution in [0.3, 0.4) is 0 Å². The molecule has 0 N–H and O–H groups in total. The topological polar surface area (TPSA) is 53.5 Å². The Morgan fingerprint density at radius 3 is 2.54 bits per heavy atom. The Balaban J connectivity index is 1.86. The average Bonchev–Trinajstić information content (AvgIpc) is 2.60. The normalized spacial score (nSPS) is 14.8. The van der Waals surface area contributed by atoms with Crippen molar-refractivity contribution in [2.75, 3.05) is 20.6 Å². The van der Waals surface area contributed by atoms with Gasteiger partial charge in [0.2, 0.25) is 0 Å². The van der Waals surface area contributed by atoms with Gasteiger partial charge in [-0.3, -0.25) is 4.98 Å². The largest absolute Gasteiger partial charge is 0.281 e. The first kappa shape index (κ1) is 16.7. The van der Waals surface area contributed by atoms with E-state index in [2.05, 4.69) is 16.8 Å². The Labute approximate surface area is 143 Å². The van der Waals surface area contributed by atoms with Crippen LogP contribution >= 0.6 is 0 Å². The number of benzene rings is 1. The molecule has 0 bridgehead atoms. The van der Waals surface area contributed by atoms with Crippen LogP contribution < -0.4 is 0 Å². The van der Waals surface area contributed by atoms with Crippen LogP contribution in [0.2, 0.25) is 0 Å². The summed E-state index contributed by atoms with van der Waals surface area (Å²) in [6.45, 7) is 0.791. The van der Waals surface area contributed by atoms with Crippen molar-refractivity contribution in [2.24, 2.45) is 0 Å². The van der Waals surface area contributed by atoms with Crippen molar-refractivity contribution in [3.8, 4) is 11.8 Å². The van der Waals surface area contributed by atoms with Crippen LogP contribution in [0.1, 0.15) is 22.4 Å². The fraction of sp³-hybridized carbons (Fsp3) is 0.278. The highest BCUT2D eigenvalue weighted by molar-refractivity contribution is 7.86. The van der Waals surface area contributed by atoms with E-state index >= 15 is 0 Å². The molecule has 6 heteroatoms. The summed E-state index contributed by atoms with van der Waals surface area (Å²) in [7, 11) is -0.315. The van der Waals surface area contributed by atoms with E-state index in [0.717, 1.165) is 22.4 Å². The van der Waals surface area contributed by atoms with Crippen LogP contribution in [0.4, 0.5) is 0 Å². The maximum atomic E-state index is 12.3. The molecule has 1 aromatic heterocycles. The predicted octanol–water partition coefficient (Wildman–Crippen LogP) is 1.65. The van der Waals surface area contributed by atoms with Gasteiger partial charge in [-0.05, 0) is 23.8 Å². The van der Waals surface area contributed by atoms with Crippen LogP contribution in [0.25, 0.3) is 0 Å². The van der Waals surface area contributed by atoms with Crippen molar-refractivity contribution in [3.63, 3.8) is 0 Å². The molecule has 0 saturated carbocycles. The van der Waals surface area contributed by atoms with Gasteiger partial charge in [0, 0.05) is 56.6 Å². The van der Waals surface area contributed by atoms with E-state index in [0.29, 0.717) is 19.5 Å². The van der Waals surface area contributed by atoms with Crippen LogP contribution in [0, 0.1) is 11.8 Å². The minimum absolute atomic E-state index is 0.337. The van der Waals surface area contributed by atoms with E-state index < -0.39 is 10.2 Å². The number of fused-ring (bicyclic) bond motifs is 1. The molecular weight excluding hydrogens is 322 g/mol. The first-order valence-electron chi connectivity index (χ1n) is 7.69. The molecule has 0 fully saturated rings. The predicted molar refractivity (Wildman–Crippen MR) is 93.4 cm³/mol. The second-order valence-corrected chi connectivity index (χ2v) is 7.96. The van der Waals surface area contributed by atoms with Crippen molar-refractivity contribution in [1.82, 2.24) is 13.6 Å². The lowest BCUT2D eigenvalue weighted by Crippen LogP contribution is -2.42. The van der Waals surface area contributed by atoms with Gasteiger partial charge in [-0.15, -0.1) is 0 Å². The molecule has 5 nitrogen and oxygen atoms in total. The summed E-state index contributed by atoms with van der Waals surface area (Å²) in [5, 5.41) is 0. The number of rotatable bonds is 2. The number of aromatic nitrogens is 1. The molecular formula is C18H19N3O2S. The van der Waals surface area contributed by atoms with E-state index in [1.54, 1.807) is 20.3 Å². The van der Waals surface area contributed by atoms with Gasteiger partial charge in [0.25, 0.3) is 10.2 Å². The minimum Gasteiger partial charge on any atom is -0.260 e. The second-order valence-electron chi connectivity index (χ2n) is 5.82. The molecule has 0 radical (unpaired) electrons. The summed E-state index contributed by atoms with van der Waals surface area (Å²) in [5.41, 5.74) is 3.60. The second kappa shape index (κ2) is 6.73. The van der Waals surface area contributed by atoms with Crippen LogP contribution in [0.15, 0.2) is 42.6 Å². The van der Waals surface area contributed by atoms with Crippen molar-refractivity contribution in [3.05, 3.63) is 65.0 Å². The lowest BCUT2D eigenvalue weighted by Gasteiger charge is -2.29. The Hall–Kier alpha value is -2.20. The molecule has 1 aromatic carbocycles. The van der Waals surface area contributed by atoms with Crippen LogP contribution in [-0.4, -0.2) is 42.7 Å². The van der Waals surface area contributed by atoms with Gasteiger partial charge in [-0.2, -0.15) is 17.0 Å². The Bertz CT molecular complexity index is 897. The van der Waals surface area contributed by atoms with E-state index in [1.165, 1.54) is 8.61 Å². The number of hydrogen-bond acceptors (Lipinski definition) is 3. The fourth-order valence-corrected chi connectivity index (χ4v) is 3.65. The Morgan fingerprint density at radius 1 is 1.12 bits per heavy atom. The third-order valence-corrected chi connectivity index (χ3v) is 5.80. The molecule has 0 spiro atoms. The molecule has 1 aliphatic rings. The van der Waals surface area contributed by atoms with Gasteiger partial charge in [0.1, 0.15) is 0 Å². The summed E-state index contributed by atoms with van der Waals surface area (Å²) < 4.78 is 27.3. The molecule has 124 valence electrons. The highest BCUT2D eigenvalue weighted by Gasteiger charge is 2.28. The average molecular weight is 341 g/mol. The first-order valence-corrected chi connectivity index (χ1v) is 9.09. The van der Waals surface area contributed by atoms with Crippen LogP contribution in [-0.2, 0) is 23.2 Å². The summed E-state index contributed by atoms with van der Waals surface area (Å²) >= 11 is 0. The van der Waals surface area contributed by atoms with Gasteiger partial charge in [0.15, 0.2) is 0 Å². The zero-order valence-corrected chi connectivity index (χ0v) is 14.5. The summed E-state index contributed by atoms with van der Waals surface area (Å²) in [6.07, 6.45) is 2.37. The maximum absolute atomic E-state index is 12.3. The molecule has 1 aliphatic heterocycles. The standard InChI is InChI=1S/C18H19N3O2S/c1-20(2)24(22,23)21-11-10-18-17(14-21)12-16(13-19-18)9-8-15-6-4-3-5-7-15/h3-7,12-13H,10-11,14H2,1-2H3. The maximum Gasteiger partial charge on any atom is 0.281 e. The van der Waals surface area contributed by atoms with Gasteiger partial charge in [-0.25, -0.2) is 0 Å². The van der Waals surface area contributed by atoms with Crippen LogP contribution in [0.5, 0.6) is 0 Å². The third-order valence-electron chi connectivity index (χ3n) is 3.92. The minimum atomic E-state index is -3.41. The van der Waals surface area contributed by atoms with Gasteiger partial charge in [-0.1, -0.05) is 30.0 Å². The van der Waals surface area contributed by atoms with E-state index in [-0.39, 0.29) is 0 Å². The Kier molecular flexibility index (Phi) is 4.67. The summed E-state index contributed by atoms with van der Waals surface area (Å²) in [4.78, 5) is 4.46. The molecule has 0 unspecified atom stereocenters. The molecule has 0 aliphatic carbocycles. The number of pyridine rings is 1. The van der Waals surface area contributed by atoms with Crippen molar-refractivity contribution in [2.45, 2.75) is 13.0 Å². The first-order chi connectivity index (χ1) is 11.5. The van der Waals surface area contributed by atoms with Gasteiger partial charge in [0.05, 0.1) is 0 Å². The van der Waals surface area contributed by atoms with Crippen molar-refractivity contribution in [1.29, 1.82) is 0 Å². The molecule has 24 heavy (non-hydrogen) atoms. The smallest absolute Gasteiger partial charge is 0.260 e. The quantitative estimate of drug-likeness (QED) is 0.781. The number of hydrogen-bond donors (Lipinski definition) is 0. The van der Waals surface area contributed by atoms with Gasteiger partial charge < -0.3 is 0 Å². The lowest BCUT2D eigenvalue weighted by molar-refractivity contribution is 0.356. The lowest BCUT2D eigenvalue weighted by atomic mass is 10.1. The number of nitrogens with zero attached hydrogens (tertiary/aromatic N) is 3. The molecule has 0 atom stereocenters. The van der Waals surface area contributed by atoms with Gasteiger partial charge >= 0.3 is 0 Å². The van der Waals surface area contributed by atoms with Crippen molar-refractivity contribution >= 4 is 10.2 Å². The van der Waals surface area contributed by atoms with E-state index in [4.69, 9.17) is 0 Å². The zero-order valence-electron chi connectivity index (χ0n) is 13.7. The fourth-order valence-electron chi connectivity index (χ4n) is 2.56. The molecule has 0 amide bonds. The van der Waals surface area contributed by atoms with E-state index in [1.807, 2.05) is 36.4 Å². The SMILES string of the molecule is CN(C)S(=O)(=O)N1CCc2ncc(C#Cc3ccccc3)cc2C1. The zero-order chi connectivity index (χ0) is 17.2. The van der Waals surface area contributed by atoms with Crippen molar-refractivity contribution < 1.29 is 8.42 Å². The highest BCUT2D eigenvalue weighted by atomic mass is 32.2. The summed E-state index contributed by atoms with van der Waals surface area (Å²) in [5.74, 6) is 6.19. The molecule has 2 heterocycles. The van der Waals surface area contributed by atoms with E-state index in [9.17, 15) is 8.42 Å². The Morgan fingerprint density at radius 2 is 1.83 bits per heavy atom. The summed E-state index contributed by atoms with van der Waals surface area (Å²) in [6, 6.07) is 11.7. The third kappa shape index (κ3) is 3.49. The molecule has 3 rings (SSSR count). The molecule has 0 saturated heterocycles.